The van der Waals surface area contributed by atoms with Gasteiger partial charge in [0, 0.05) is 0 Å². The van der Waals surface area contributed by atoms with Gasteiger partial charge in [-0.1, -0.05) is 12.1 Å². The third-order valence-electron chi connectivity index (χ3n) is 4.79. The summed E-state index contributed by atoms with van der Waals surface area (Å²) in [6.45, 7) is 0.000410. The van der Waals surface area contributed by atoms with Crippen LogP contribution in [0.1, 0.15) is 23.3 Å². The van der Waals surface area contributed by atoms with Gasteiger partial charge < -0.3 is 4.42 Å². The zero-order chi connectivity index (χ0) is 20.5. The van der Waals surface area contributed by atoms with Crippen LogP contribution in [-0.2, 0) is 39.4 Å². The quantitative estimate of drug-likeness (QED) is 0.597. The first-order chi connectivity index (χ1) is 13.8. The molecular weight excluding hydrogens is 412 g/mol. The molecular formula is C20H20N2O5S2. The minimum atomic E-state index is -3.83. The Labute approximate surface area is 169 Å². The number of rotatable bonds is 7. The van der Waals surface area contributed by atoms with Crippen molar-refractivity contribution in [3.8, 4) is 0 Å². The number of furan rings is 1. The lowest BCUT2D eigenvalue weighted by molar-refractivity contribution is 0.498. The van der Waals surface area contributed by atoms with Gasteiger partial charge in [0.25, 0.3) is 10.0 Å². The van der Waals surface area contributed by atoms with Crippen LogP contribution >= 0.6 is 0 Å². The molecule has 3 aromatic rings. The molecule has 7 nitrogen and oxygen atoms in total. The van der Waals surface area contributed by atoms with Crippen molar-refractivity contribution in [3.63, 3.8) is 0 Å². The smallest absolute Gasteiger partial charge is 0.261 e. The summed E-state index contributed by atoms with van der Waals surface area (Å²) >= 11 is 0. The minimum absolute atomic E-state index is 0.000410. The maximum absolute atomic E-state index is 12.8. The molecule has 0 fully saturated rings. The zero-order valence-electron chi connectivity index (χ0n) is 15.5. The fourth-order valence-electron chi connectivity index (χ4n) is 3.32. The summed E-state index contributed by atoms with van der Waals surface area (Å²) < 4.78 is 60.6. The van der Waals surface area contributed by atoms with E-state index in [0.717, 1.165) is 24.8 Å². The second-order valence-electron chi connectivity index (χ2n) is 6.82. The summed E-state index contributed by atoms with van der Waals surface area (Å²) in [5.41, 5.74) is 2.40. The van der Waals surface area contributed by atoms with Crippen LogP contribution < -0.4 is 9.44 Å². The molecule has 2 N–H and O–H groups in total. The predicted octanol–water partition coefficient (Wildman–Crippen LogP) is 3.05. The average molecular weight is 433 g/mol. The molecule has 9 heteroatoms. The van der Waals surface area contributed by atoms with E-state index in [1.807, 2.05) is 6.07 Å². The molecule has 0 radical (unpaired) electrons. The van der Waals surface area contributed by atoms with Crippen molar-refractivity contribution >= 4 is 25.7 Å². The van der Waals surface area contributed by atoms with Crippen molar-refractivity contribution in [1.29, 1.82) is 0 Å². The summed E-state index contributed by atoms with van der Waals surface area (Å²) in [5.74, 6) is 0.474. The fraction of sp³-hybridized carbons (Fsp3) is 0.200. The lowest BCUT2D eigenvalue weighted by Crippen LogP contribution is -2.23. The van der Waals surface area contributed by atoms with Crippen LogP contribution in [-0.4, -0.2) is 16.8 Å². The third-order valence-corrected chi connectivity index (χ3v) is 7.57. The molecule has 29 heavy (non-hydrogen) atoms. The molecule has 0 bridgehead atoms. The van der Waals surface area contributed by atoms with Crippen molar-refractivity contribution in [1.82, 2.24) is 4.72 Å². The van der Waals surface area contributed by atoms with Crippen LogP contribution in [0, 0.1) is 0 Å². The summed E-state index contributed by atoms with van der Waals surface area (Å²) in [7, 11) is -7.66. The van der Waals surface area contributed by atoms with Crippen molar-refractivity contribution in [2.75, 3.05) is 4.72 Å². The number of fused-ring (bicyclic) bond motifs is 1. The normalized spacial score (nSPS) is 13.9. The van der Waals surface area contributed by atoms with E-state index < -0.39 is 20.0 Å². The predicted molar refractivity (Wildman–Crippen MR) is 108 cm³/mol. The highest BCUT2D eigenvalue weighted by Gasteiger charge is 2.20. The van der Waals surface area contributed by atoms with Crippen molar-refractivity contribution in [2.24, 2.45) is 0 Å². The fourth-order valence-corrected chi connectivity index (χ4v) is 5.46. The summed E-state index contributed by atoms with van der Waals surface area (Å²) in [6.07, 6.45) is 4.32. The molecule has 1 aromatic heterocycles. The summed E-state index contributed by atoms with van der Waals surface area (Å²) in [5, 5.41) is 0. The van der Waals surface area contributed by atoms with Gasteiger partial charge in [-0.15, -0.1) is 0 Å². The van der Waals surface area contributed by atoms with Gasteiger partial charge in [-0.3, -0.25) is 4.72 Å². The Bertz CT molecular complexity index is 1230. The van der Waals surface area contributed by atoms with Crippen LogP contribution in [0.4, 0.5) is 5.69 Å². The van der Waals surface area contributed by atoms with Gasteiger partial charge in [-0.05, 0) is 72.9 Å². The molecule has 1 aliphatic carbocycles. The largest absolute Gasteiger partial charge is 0.468 e. The van der Waals surface area contributed by atoms with Crippen LogP contribution in [0.25, 0.3) is 0 Å². The Kier molecular flexibility index (Phi) is 5.20. The zero-order valence-corrected chi connectivity index (χ0v) is 17.1. The topological polar surface area (TPSA) is 105 Å². The maximum Gasteiger partial charge on any atom is 0.261 e. The lowest BCUT2D eigenvalue weighted by atomic mass is 10.1. The van der Waals surface area contributed by atoms with Crippen LogP contribution in [0.3, 0.4) is 0 Å². The highest BCUT2D eigenvalue weighted by molar-refractivity contribution is 7.92. The van der Waals surface area contributed by atoms with Gasteiger partial charge in [-0.2, -0.15) is 0 Å². The average Bonchev–Trinajstić information content (AvgIpc) is 3.37. The number of nitrogens with one attached hydrogen (secondary N) is 2. The van der Waals surface area contributed by atoms with Crippen molar-refractivity contribution < 1.29 is 21.3 Å². The molecule has 1 heterocycles. The highest BCUT2D eigenvalue weighted by Crippen LogP contribution is 2.26. The molecule has 4 rings (SSSR count). The van der Waals surface area contributed by atoms with Crippen LogP contribution in [0.5, 0.6) is 0 Å². The van der Waals surface area contributed by atoms with Gasteiger partial charge in [0.2, 0.25) is 10.0 Å². The van der Waals surface area contributed by atoms with Crippen molar-refractivity contribution in [3.05, 3.63) is 77.7 Å². The number of benzene rings is 2. The Morgan fingerprint density at radius 1 is 0.828 bits per heavy atom. The van der Waals surface area contributed by atoms with Gasteiger partial charge >= 0.3 is 0 Å². The van der Waals surface area contributed by atoms with E-state index in [1.54, 1.807) is 24.3 Å². The Morgan fingerprint density at radius 3 is 2.41 bits per heavy atom. The molecule has 0 saturated heterocycles. The molecule has 1 aliphatic rings. The van der Waals surface area contributed by atoms with Gasteiger partial charge in [0.15, 0.2) is 0 Å². The van der Waals surface area contributed by atoms with E-state index in [9.17, 15) is 16.8 Å². The summed E-state index contributed by atoms with van der Waals surface area (Å²) in [4.78, 5) is 0.126. The van der Waals surface area contributed by atoms with E-state index in [2.05, 4.69) is 9.44 Å². The third kappa shape index (κ3) is 4.36. The van der Waals surface area contributed by atoms with Gasteiger partial charge in [-0.25, -0.2) is 21.6 Å². The molecule has 0 unspecified atom stereocenters. The second-order valence-corrected chi connectivity index (χ2v) is 10.3. The molecule has 0 saturated carbocycles. The number of aryl methyl sites for hydroxylation is 2. The standard InChI is InChI=1S/C20H20N2O5S2/c23-28(24,21-14-18-7-3-11-27-18)19-8-2-6-17(13-19)22-29(25,26)20-10-9-15-4-1-5-16(15)12-20/h2-3,6-13,21-22H,1,4-5,14H2. The van der Waals surface area contributed by atoms with E-state index in [-0.39, 0.29) is 22.0 Å². The highest BCUT2D eigenvalue weighted by atomic mass is 32.2. The van der Waals surface area contributed by atoms with Crippen LogP contribution in [0.15, 0.2) is 75.1 Å². The van der Waals surface area contributed by atoms with E-state index >= 15 is 0 Å². The van der Waals surface area contributed by atoms with E-state index in [1.165, 1.54) is 36.1 Å². The molecule has 2 aromatic carbocycles. The van der Waals surface area contributed by atoms with E-state index in [0.29, 0.717) is 5.76 Å². The number of hydrogen-bond acceptors (Lipinski definition) is 5. The maximum atomic E-state index is 12.8. The molecule has 0 atom stereocenters. The molecule has 0 spiro atoms. The molecule has 0 aliphatic heterocycles. The SMILES string of the molecule is O=S(=O)(NCc1ccco1)c1cccc(NS(=O)(=O)c2ccc3c(c2)CCC3)c1. The summed E-state index contributed by atoms with van der Waals surface area (Å²) in [6, 6.07) is 14.1. The first kappa shape index (κ1) is 19.7. The molecule has 152 valence electrons. The first-order valence-corrected chi connectivity index (χ1v) is 12.1. The Balaban J connectivity index is 1.54. The first-order valence-electron chi connectivity index (χ1n) is 9.10. The number of anilines is 1. The van der Waals surface area contributed by atoms with Crippen molar-refractivity contribution in [2.45, 2.75) is 35.6 Å². The van der Waals surface area contributed by atoms with Gasteiger partial charge in [0.1, 0.15) is 5.76 Å². The lowest BCUT2D eigenvalue weighted by Gasteiger charge is -2.11. The van der Waals surface area contributed by atoms with Crippen LogP contribution in [0.2, 0.25) is 0 Å². The molecule has 0 amide bonds. The number of hydrogen-bond donors (Lipinski definition) is 2. The van der Waals surface area contributed by atoms with E-state index in [4.69, 9.17) is 4.42 Å². The number of sulfonamides is 2. The second kappa shape index (κ2) is 7.66. The Morgan fingerprint density at radius 2 is 1.62 bits per heavy atom. The van der Waals surface area contributed by atoms with Gasteiger partial charge in [0.05, 0.1) is 28.3 Å². The monoisotopic (exact) mass is 432 g/mol. The Hall–Kier alpha value is -2.62. The minimum Gasteiger partial charge on any atom is -0.468 e.